The van der Waals surface area contributed by atoms with Gasteiger partial charge in [-0.1, -0.05) is 11.6 Å². The Balaban J connectivity index is 1.84. The van der Waals surface area contributed by atoms with Crippen LogP contribution in [0.15, 0.2) is 30.5 Å². The number of methoxy groups -OCH3 is 1. The van der Waals surface area contributed by atoms with Crippen molar-refractivity contribution in [3.05, 3.63) is 46.6 Å². The minimum Gasteiger partial charge on any atom is -0.493 e. The summed E-state index contributed by atoms with van der Waals surface area (Å²) >= 11 is 6.51. The number of amides is 1. The van der Waals surface area contributed by atoms with Gasteiger partial charge >= 0.3 is 5.97 Å². The van der Waals surface area contributed by atoms with E-state index in [0.29, 0.717) is 22.0 Å². The minimum atomic E-state index is -1.11. The van der Waals surface area contributed by atoms with Crippen LogP contribution in [0, 0.1) is 0 Å². The molecule has 3 aromatic rings. The molecule has 1 aliphatic heterocycles. The molecule has 1 unspecified atom stereocenters. The number of nitrogens with zero attached hydrogens (tertiary/aromatic N) is 1. The second kappa shape index (κ2) is 7.05. The summed E-state index contributed by atoms with van der Waals surface area (Å²) in [6, 6.07) is 6.91. The monoisotopic (exact) mass is 401 g/mol. The van der Waals surface area contributed by atoms with Crippen molar-refractivity contribution in [3.63, 3.8) is 0 Å². The molecule has 1 amide bonds. The predicted octanol–water partition coefficient (Wildman–Crippen LogP) is 3.16. The number of nitrogens with one attached hydrogen (secondary N) is 2. The van der Waals surface area contributed by atoms with Crippen molar-refractivity contribution in [2.75, 3.05) is 19.0 Å². The maximum atomic E-state index is 12.3. The highest BCUT2D eigenvalue weighted by atomic mass is 35.5. The van der Waals surface area contributed by atoms with E-state index in [1.807, 2.05) is 12.1 Å². The number of aromatic amines is 1. The minimum absolute atomic E-state index is 0.127. The Hall–Kier alpha value is -3.26. The van der Waals surface area contributed by atoms with E-state index in [1.54, 1.807) is 12.3 Å². The molecule has 1 aromatic heterocycles. The van der Waals surface area contributed by atoms with Crippen LogP contribution >= 0.6 is 11.6 Å². The third-order valence-electron chi connectivity index (χ3n) is 4.68. The van der Waals surface area contributed by atoms with Crippen LogP contribution in [-0.4, -0.2) is 40.9 Å². The molecule has 9 heteroatoms. The van der Waals surface area contributed by atoms with Crippen molar-refractivity contribution in [3.8, 4) is 11.5 Å². The molecule has 0 saturated carbocycles. The van der Waals surface area contributed by atoms with Crippen LogP contribution in [0.1, 0.15) is 23.5 Å². The Labute approximate surface area is 164 Å². The quantitative estimate of drug-likeness (QED) is 0.605. The Morgan fingerprint density at radius 3 is 2.93 bits per heavy atom. The summed E-state index contributed by atoms with van der Waals surface area (Å²) in [4.78, 5) is 23.1. The molecule has 0 fully saturated rings. The second-order valence-electron chi connectivity index (χ2n) is 6.37. The van der Waals surface area contributed by atoms with Crippen molar-refractivity contribution in [1.29, 1.82) is 0 Å². The van der Waals surface area contributed by atoms with Gasteiger partial charge in [0.25, 0.3) is 0 Å². The summed E-state index contributed by atoms with van der Waals surface area (Å²) in [6.07, 6.45) is 1.91. The highest BCUT2D eigenvalue weighted by molar-refractivity contribution is 6.31. The van der Waals surface area contributed by atoms with Gasteiger partial charge in [0, 0.05) is 40.1 Å². The first-order valence-electron chi connectivity index (χ1n) is 8.45. The normalized spacial score (nSPS) is 15.8. The summed E-state index contributed by atoms with van der Waals surface area (Å²) < 4.78 is 10.6. The molecular formula is C19H16ClN3O5. The third kappa shape index (κ3) is 3.11. The van der Waals surface area contributed by atoms with E-state index < -0.39 is 12.6 Å². The second-order valence-corrected chi connectivity index (χ2v) is 6.78. The molecule has 0 saturated heterocycles. The number of aliphatic carboxylic acids is 1. The van der Waals surface area contributed by atoms with Crippen LogP contribution in [-0.2, 0) is 9.59 Å². The molecular weight excluding hydrogens is 386 g/mol. The number of fused-ring (bicyclic) bond motifs is 3. The first-order chi connectivity index (χ1) is 13.5. The standard InChI is InChI=1S/C19H16ClN3O5/c1-27-14-4-10(12(20)6-15(14)28-8-17(25)26)11-5-16(24)22-13-3-2-9-7-21-23-19(9)18(11)13/h2-4,6-7,11H,5,8H2,1H3,(H,21,23)(H,22,24)(H,25,26). The van der Waals surface area contributed by atoms with Crippen LogP contribution in [0.3, 0.4) is 0 Å². The van der Waals surface area contributed by atoms with Crippen LogP contribution in [0.5, 0.6) is 11.5 Å². The molecule has 1 aliphatic rings. The van der Waals surface area contributed by atoms with Gasteiger partial charge < -0.3 is 19.9 Å². The van der Waals surface area contributed by atoms with E-state index in [9.17, 15) is 9.59 Å². The molecule has 4 rings (SSSR count). The van der Waals surface area contributed by atoms with Gasteiger partial charge in [-0.15, -0.1) is 0 Å². The molecule has 0 spiro atoms. The van der Waals surface area contributed by atoms with E-state index in [-0.39, 0.29) is 24.0 Å². The molecule has 1 atom stereocenters. The average molecular weight is 402 g/mol. The van der Waals surface area contributed by atoms with Gasteiger partial charge in [0.1, 0.15) is 0 Å². The number of ether oxygens (including phenoxy) is 2. The molecule has 3 N–H and O–H groups in total. The molecule has 0 bridgehead atoms. The number of H-pyrrole nitrogens is 1. The van der Waals surface area contributed by atoms with Crippen LogP contribution in [0.4, 0.5) is 5.69 Å². The zero-order valence-electron chi connectivity index (χ0n) is 14.8. The number of aromatic nitrogens is 2. The number of rotatable bonds is 5. The molecule has 28 heavy (non-hydrogen) atoms. The van der Waals surface area contributed by atoms with Gasteiger partial charge in [0.2, 0.25) is 5.91 Å². The summed E-state index contributed by atoms with van der Waals surface area (Å²) in [5.41, 5.74) is 3.08. The maximum Gasteiger partial charge on any atom is 0.341 e. The first kappa shape index (κ1) is 18.1. The summed E-state index contributed by atoms with van der Waals surface area (Å²) in [6.45, 7) is -0.518. The van der Waals surface area contributed by atoms with Crippen molar-refractivity contribution in [1.82, 2.24) is 10.2 Å². The SMILES string of the molecule is COc1cc(C2CC(=O)Nc3ccc4cn[nH]c4c32)c(Cl)cc1OCC(=O)O. The summed E-state index contributed by atoms with van der Waals surface area (Å²) in [5.74, 6) is -1.01. The topological polar surface area (TPSA) is 114 Å². The number of hydrogen-bond acceptors (Lipinski definition) is 5. The van der Waals surface area contributed by atoms with Crippen molar-refractivity contribution >= 4 is 40.1 Å². The van der Waals surface area contributed by atoms with Crippen LogP contribution in [0.25, 0.3) is 10.9 Å². The lowest BCUT2D eigenvalue weighted by Gasteiger charge is -2.27. The fourth-order valence-corrected chi connectivity index (χ4v) is 3.78. The third-order valence-corrected chi connectivity index (χ3v) is 5.01. The summed E-state index contributed by atoms with van der Waals surface area (Å²) in [5, 5.41) is 20.1. The number of carbonyl (C=O) groups excluding carboxylic acids is 1. The van der Waals surface area contributed by atoms with Gasteiger partial charge in [0.05, 0.1) is 18.8 Å². The van der Waals surface area contributed by atoms with Gasteiger partial charge in [-0.25, -0.2) is 4.79 Å². The van der Waals surface area contributed by atoms with E-state index in [4.69, 9.17) is 26.2 Å². The van der Waals surface area contributed by atoms with Crippen molar-refractivity contribution in [2.45, 2.75) is 12.3 Å². The van der Waals surface area contributed by atoms with Crippen molar-refractivity contribution in [2.24, 2.45) is 0 Å². The largest absolute Gasteiger partial charge is 0.493 e. The maximum absolute atomic E-state index is 12.3. The molecule has 0 radical (unpaired) electrons. The average Bonchev–Trinajstić information content (AvgIpc) is 3.14. The lowest BCUT2D eigenvalue weighted by atomic mass is 9.83. The number of carbonyl (C=O) groups is 2. The smallest absolute Gasteiger partial charge is 0.341 e. The Morgan fingerprint density at radius 2 is 2.18 bits per heavy atom. The highest BCUT2D eigenvalue weighted by Gasteiger charge is 2.31. The number of carboxylic acid groups (broad SMARTS) is 1. The zero-order valence-corrected chi connectivity index (χ0v) is 15.5. The molecule has 2 aromatic carbocycles. The Bertz CT molecular complexity index is 1090. The van der Waals surface area contributed by atoms with Crippen LogP contribution in [0.2, 0.25) is 5.02 Å². The summed E-state index contributed by atoms with van der Waals surface area (Å²) in [7, 11) is 1.45. The Kier molecular flexibility index (Phi) is 4.56. The molecule has 0 aliphatic carbocycles. The molecule has 144 valence electrons. The van der Waals surface area contributed by atoms with Gasteiger partial charge in [-0.3, -0.25) is 9.89 Å². The molecule has 8 nitrogen and oxygen atoms in total. The Morgan fingerprint density at radius 1 is 1.36 bits per heavy atom. The van der Waals surface area contributed by atoms with Gasteiger partial charge in [-0.2, -0.15) is 5.10 Å². The van der Waals surface area contributed by atoms with E-state index in [1.165, 1.54) is 13.2 Å². The number of hydrogen-bond donors (Lipinski definition) is 3. The van der Waals surface area contributed by atoms with E-state index >= 15 is 0 Å². The number of anilines is 1. The fourth-order valence-electron chi connectivity index (χ4n) is 3.49. The lowest BCUT2D eigenvalue weighted by molar-refractivity contribution is -0.139. The zero-order chi connectivity index (χ0) is 19.8. The van der Waals surface area contributed by atoms with E-state index in [2.05, 4.69) is 15.5 Å². The molecule has 2 heterocycles. The fraction of sp³-hybridized carbons (Fsp3) is 0.211. The van der Waals surface area contributed by atoms with Crippen LogP contribution < -0.4 is 14.8 Å². The number of halogens is 1. The van der Waals surface area contributed by atoms with Crippen molar-refractivity contribution < 1.29 is 24.2 Å². The first-order valence-corrected chi connectivity index (χ1v) is 8.83. The lowest BCUT2D eigenvalue weighted by Crippen LogP contribution is -2.24. The highest BCUT2D eigenvalue weighted by Crippen LogP contribution is 2.45. The number of carboxylic acids is 1. The predicted molar refractivity (Wildman–Crippen MR) is 102 cm³/mol. The van der Waals surface area contributed by atoms with Gasteiger partial charge in [-0.05, 0) is 23.8 Å². The van der Waals surface area contributed by atoms with E-state index in [0.717, 1.165) is 16.5 Å². The van der Waals surface area contributed by atoms with Gasteiger partial charge in [0.15, 0.2) is 18.1 Å². The number of benzene rings is 2.